The van der Waals surface area contributed by atoms with Crippen molar-refractivity contribution in [2.75, 3.05) is 19.6 Å². The van der Waals surface area contributed by atoms with Gasteiger partial charge in [0.05, 0.1) is 5.92 Å². The zero-order valence-corrected chi connectivity index (χ0v) is 15.2. The van der Waals surface area contributed by atoms with Crippen molar-refractivity contribution in [1.29, 1.82) is 0 Å². The molecular formula is C16H31Cl2N3O. The first-order chi connectivity index (χ1) is 9.56. The van der Waals surface area contributed by atoms with Crippen molar-refractivity contribution in [2.24, 2.45) is 17.6 Å². The Morgan fingerprint density at radius 2 is 1.95 bits per heavy atom. The van der Waals surface area contributed by atoms with Crippen molar-refractivity contribution < 1.29 is 4.79 Å². The summed E-state index contributed by atoms with van der Waals surface area (Å²) in [6.07, 6.45) is 8.24. The number of nitrogens with two attached hydrogens (primary N) is 1. The molecule has 3 atom stereocenters. The van der Waals surface area contributed by atoms with Crippen molar-refractivity contribution in [3.8, 4) is 0 Å². The molecule has 130 valence electrons. The smallest absolute Gasteiger partial charge is 0.224 e. The average molecular weight is 352 g/mol. The Bertz CT molecular complexity index is 374. The van der Waals surface area contributed by atoms with E-state index < -0.39 is 0 Å². The summed E-state index contributed by atoms with van der Waals surface area (Å²) in [4.78, 5) is 15.0. The van der Waals surface area contributed by atoms with Crippen LogP contribution >= 0.6 is 24.8 Å². The van der Waals surface area contributed by atoms with E-state index in [1.807, 2.05) is 6.92 Å². The maximum absolute atomic E-state index is 12.4. The van der Waals surface area contributed by atoms with Crippen LogP contribution in [0.3, 0.4) is 0 Å². The highest BCUT2D eigenvalue weighted by Gasteiger charge is 2.38. The van der Waals surface area contributed by atoms with Crippen LogP contribution in [-0.4, -0.2) is 42.0 Å². The van der Waals surface area contributed by atoms with Crippen LogP contribution in [0.25, 0.3) is 0 Å². The molecular weight excluding hydrogens is 321 g/mol. The van der Waals surface area contributed by atoms with Gasteiger partial charge in [-0.25, -0.2) is 0 Å². The standard InChI is InChI=1S/C16H29N3O.2ClH/c1-16(17)8-3-2-4-14(16)15(20)18-10-12-7-9-19(11-12)13-5-6-13;;/h12-14H,2-11,17H2,1H3,(H,18,20);2*1H. The molecule has 0 aromatic carbocycles. The van der Waals surface area contributed by atoms with Gasteiger partial charge in [-0.15, -0.1) is 24.8 Å². The predicted molar refractivity (Wildman–Crippen MR) is 94.8 cm³/mol. The van der Waals surface area contributed by atoms with Crippen molar-refractivity contribution >= 4 is 30.7 Å². The van der Waals surface area contributed by atoms with Crippen molar-refractivity contribution in [3.63, 3.8) is 0 Å². The molecule has 2 saturated carbocycles. The van der Waals surface area contributed by atoms with E-state index in [4.69, 9.17) is 5.73 Å². The maximum atomic E-state index is 12.4. The fourth-order valence-electron chi connectivity index (χ4n) is 3.96. The Morgan fingerprint density at radius 1 is 1.23 bits per heavy atom. The van der Waals surface area contributed by atoms with Crippen LogP contribution in [0.5, 0.6) is 0 Å². The van der Waals surface area contributed by atoms with Gasteiger partial charge in [0.1, 0.15) is 0 Å². The number of nitrogens with zero attached hydrogens (tertiary/aromatic N) is 1. The van der Waals surface area contributed by atoms with Gasteiger partial charge in [-0.1, -0.05) is 12.8 Å². The number of carbonyl (C=O) groups is 1. The molecule has 3 rings (SSSR count). The van der Waals surface area contributed by atoms with Crippen molar-refractivity contribution in [2.45, 2.75) is 63.5 Å². The lowest BCUT2D eigenvalue weighted by molar-refractivity contribution is -0.128. The van der Waals surface area contributed by atoms with E-state index in [9.17, 15) is 4.79 Å². The van der Waals surface area contributed by atoms with Crippen LogP contribution in [0.1, 0.15) is 51.9 Å². The van der Waals surface area contributed by atoms with Crippen LogP contribution in [0.4, 0.5) is 0 Å². The fraction of sp³-hybridized carbons (Fsp3) is 0.938. The van der Waals surface area contributed by atoms with Crippen LogP contribution in [-0.2, 0) is 4.79 Å². The Kier molecular flexibility index (Phi) is 7.44. The number of carbonyl (C=O) groups excluding carboxylic acids is 1. The molecule has 1 aliphatic heterocycles. The summed E-state index contributed by atoms with van der Waals surface area (Å²) in [5.41, 5.74) is 6.00. The number of hydrogen-bond acceptors (Lipinski definition) is 3. The Morgan fingerprint density at radius 3 is 2.59 bits per heavy atom. The molecule has 0 aromatic heterocycles. The van der Waals surface area contributed by atoms with E-state index in [1.165, 1.54) is 32.4 Å². The molecule has 1 saturated heterocycles. The van der Waals surface area contributed by atoms with Crippen LogP contribution < -0.4 is 11.1 Å². The quantitative estimate of drug-likeness (QED) is 0.817. The lowest BCUT2D eigenvalue weighted by Gasteiger charge is -2.37. The highest BCUT2D eigenvalue weighted by atomic mass is 35.5. The minimum atomic E-state index is -0.307. The summed E-state index contributed by atoms with van der Waals surface area (Å²) >= 11 is 0. The largest absolute Gasteiger partial charge is 0.355 e. The van der Waals surface area contributed by atoms with Gasteiger partial charge in [-0.2, -0.15) is 0 Å². The first kappa shape index (κ1) is 20.0. The summed E-state index contributed by atoms with van der Waals surface area (Å²) < 4.78 is 0. The van der Waals surface area contributed by atoms with Gasteiger partial charge < -0.3 is 16.0 Å². The molecule has 0 aromatic rings. The third-order valence-corrected chi connectivity index (χ3v) is 5.52. The van der Waals surface area contributed by atoms with E-state index in [0.717, 1.165) is 38.3 Å². The monoisotopic (exact) mass is 351 g/mol. The summed E-state index contributed by atoms with van der Waals surface area (Å²) in [5, 5.41) is 3.18. The molecule has 0 radical (unpaired) electrons. The number of rotatable bonds is 4. The van der Waals surface area contributed by atoms with Gasteiger partial charge in [-0.3, -0.25) is 4.79 Å². The highest BCUT2D eigenvalue weighted by Crippen LogP contribution is 2.33. The molecule has 0 bridgehead atoms. The lowest BCUT2D eigenvalue weighted by atomic mass is 9.74. The van der Waals surface area contributed by atoms with E-state index >= 15 is 0 Å². The van der Waals surface area contributed by atoms with E-state index in [-0.39, 0.29) is 42.2 Å². The predicted octanol–water partition coefficient (Wildman–Crippen LogP) is 2.34. The molecule has 6 heteroatoms. The number of nitrogens with one attached hydrogen (secondary N) is 1. The molecule has 1 heterocycles. The minimum Gasteiger partial charge on any atom is -0.355 e. The maximum Gasteiger partial charge on any atom is 0.224 e. The normalized spacial score (nSPS) is 35.4. The van der Waals surface area contributed by atoms with Crippen molar-refractivity contribution in [1.82, 2.24) is 10.2 Å². The molecule has 3 fully saturated rings. The van der Waals surface area contributed by atoms with Crippen LogP contribution in [0, 0.1) is 11.8 Å². The molecule has 2 aliphatic carbocycles. The fourth-order valence-corrected chi connectivity index (χ4v) is 3.96. The Balaban J connectivity index is 0.00000121. The zero-order chi connectivity index (χ0) is 14.2. The van der Waals surface area contributed by atoms with Crippen LogP contribution in [0.2, 0.25) is 0 Å². The minimum absolute atomic E-state index is 0. The summed E-state index contributed by atoms with van der Waals surface area (Å²) in [6.45, 7) is 5.29. The van der Waals surface area contributed by atoms with Gasteiger partial charge >= 0.3 is 0 Å². The SMILES string of the molecule is CC1(N)CCCCC1C(=O)NCC1CCN(C2CC2)C1.Cl.Cl. The van der Waals surface area contributed by atoms with Gasteiger partial charge in [-0.05, 0) is 51.5 Å². The van der Waals surface area contributed by atoms with E-state index in [1.54, 1.807) is 0 Å². The molecule has 3 aliphatic rings. The molecule has 1 amide bonds. The summed E-state index contributed by atoms with van der Waals surface area (Å²) in [6, 6.07) is 0.862. The molecule has 3 N–H and O–H groups in total. The average Bonchev–Trinajstić information content (AvgIpc) is 3.15. The highest BCUT2D eigenvalue weighted by molar-refractivity contribution is 5.85. The Labute approximate surface area is 146 Å². The van der Waals surface area contributed by atoms with Gasteiger partial charge in [0.25, 0.3) is 0 Å². The van der Waals surface area contributed by atoms with Crippen molar-refractivity contribution in [3.05, 3.63) is 0 Å². The number of likely N-dealkylation sites (tertiary alicyclic amines) is 1. The van der Waals surface area contributed by atoms with Gasteiger partial charge in [0, 0.05) is 24.7 Å². The van der Waals surface area contributed by atoms with Gasteiger partial charge in [0.2, 0.25) is 5.91 Å². The number of hydrogen-bond donors (Lipinski definition) is 2. The number of halogens is 2. The second-order valence-electron chi connectivity index (χ2n) is 7.43. The molecule has 22 heavy (non-hydrogen) atoms. The third-order valence-electron chi connectivity index (χ3n) is 5.52. The summed E-state index contributed by atoms with van der Waals surface area (Å²) in [5.74, 6) is 0.851. The van der Waals surface area contributed by atoms with E-state index in [2.05, 4.69) is 10.2 Å². The van der Waals surface area contributed by atoms with E-state index in [0.29, 0.717) is 5.92 Å². The zero-order valence-electron chi connectivity index (χ0n) is 13.6. The number of amides is 1. The first-order valence-electron chi connectivity index (χ1n) is 8.37. The molecule has 4 nitrogen and oxygen atoms in total. The second-order valence-corrected chi connectivity index (χ2v) is 7.43. The Hall–Kier alpha value is -0.0300. The third kappa shape index (κ3) is 4.73. The summed E-state index contributed by atoms with van der Waals surface area (Å²) in [7, 11) is 0. The second kappa shape index (κ2) is 8.18. The molecule has 3 unspecified atom stereocenters. The lowest BCUT2D eigenvalue weighted by Crippen LogP contribution is -2.53. The van der Waals surface area contributed by atoms with Gasteiger partial charge in [0.15, 0.2) is 0 Å². The van der Waals surface area contributed by atoms with Crippen LogP contribution in [0.15, 0.2) is 0 Å². The first-order valence-corrected chi connectivity index (χ1v) is 8.37. The molecule has 0 spiro atoms. The topological polar surface area (TPSA) is 58.4 Å².